The van der Waals surface area contributed by atoms with E-state index in [4.69, 9.17) is 4.42 Å². The minimum absolute atomic E-state index is 0.201. The van der Waals surface area contributed by atoms with Crippen LogP contribution in [0.15, 0.2) is 70.0 Å². The minimum Gasteiger partial charge on any atom is -0.450 e. The van der Waals surface area contributed by atoms with Gasteiger partial charge < -0.3 is 4.42 Å². The Morgan fingerprint density at radius 2 is 1.71 bits per heavy atom. The highest BCUT2D eigenvalue weighted by Gasteiger charge is 2.12. The van der Waals surface area contributed by atoms with Crippen molar-refractivity contribution in [2.45, 2.75) is 6.54 Å². The van der Waals surface area contributed by atoms with Gasteiger partial charge in [0.2, 0.25) is 5.58 Å². The van der Waals surface area contributed by atoms with Gasteiger partial charge in [-0.1, -0.05) is 48.5 Å². The van der Waals surface area contributed by atoms with Crippen LogP contribution in [-0.2, 0) is 6.54 Å². The SMILES string of the molecule is O=c1c2oc3ccccc3c2cnn1Cc1ccccc1. The van der Waals surface area contributed by atoms with Gasteiger partial charge >= 0.3 is 5.56 Å². The van der Waals surface area contributed by atoms with Gasteiger partial charge in [-0.2, -0.15) is 5.10 Å². The summed E-state index contributed by atoms with van der Waals surface area (Å²) in [6, 6.07) is 17.4. The molecule has 21 heavy (non-hydrogen) atoms. The van der Waals surface area contributed by atoms with Crippen molar-refractivity contribution in [3.63, 3.8) is 0 Å². The number of benzene rings is 2. The molecule has 0 saturated carbocycles. The van der Waals surface area contributed by atoms with Crippen molar-refractivity contribution in [3.8, 4) is 0 Å². The number of nitrogens with zero attached hydrogens (tertiary/aromatic N) is 2. The van der Waals surface area contributed by atoms with Crippen molar-refractivity contribution in [1.29, 1.82) is 0 Å². The molecule has 4 heteroatoms. The van der Waals surface area contributed by atoms with E-state index in [1.807, 2.05) is 54.6 Å². The average Bonchev–Trinajstić information content (AvgIpc) is 2.91. The summed E-state index contributed by atoms with van der Waals surface area (Å²) in [6.45, 7) is 0.437. The number of hydrogen-bond donors (Lipinski definition) is 0. The van der Waals surface area contributed by atoms with E-state index in [0.29, 0.717) is 17.7 Å². The molecular weight excluding hydrogens is 264 g/mol. The number of hydrogen-bond acceptors (Lipinski definition) is 3. The van der Waals surface area contributed by atoms with Gasteiger partial charge in [-0.25, -0.2) is 4.68 Å². The van der Waals surface area contributed by atoms with E-state index in [1.165, 1.54) is 4.68 Å². The van der Waals surface area contributed by atoms with Gasteiger partial charge in [0.05, 0.1) is 18.1 Å². The Balaban J connectivity index is 1.90. The summed E-state index contributed by atoms with van der Waals surface area (Å²) in [7, 11) is 0. The lowest BCUT2D eigenvalue weighted by Gasteiger charge is -2.03. The molecule has 102 valence electrons. The third-order valence-corrected chi connectivity index (χ3v) is 3.56. The maximum Gasteiger partial charge on any atom is 0.310 e. The van der Waals surface area contributed by atoms with Crippen LogP contribution in [0.25, 0.3) is 21.9 Å². The second-order valence-corrected chi connectivity index (χ2v) is 4.93. The molecule has 0 amide bonds. The van der Waals surface area contributed by atoms with E-state index in [9.17, 15) is 4.79 Å². The summed E-state index contributed by atoms with van der Waals surface area (Å²) in [5.41, 5.74) is 1.90. The van der Waals surface area contributed by atoms with Crippen LogP contribution >= 0.6 is 0 Å². The molecular formula is C17H12N2O2. The van der Waals surface area contributed by atoms with Crippen molar-refractivity contribution < 1.29 is 4.42 Å². The van der Waals surface area contributed by atoms with Crippen LogP contribution in [0.1, 0.15) is 5.56 Å². The lowest BCUT2D eigenvalue weighted by atomic mass is 10.2. The zero-order valence-electron chi connectivity index (χ0n) is 11.2. The molecule has 0 N–H and O–H groups in total. The highest BCUT2D eigenvalue weighted by Crippen LogP contribution is 2.25. The maximum absolute atomic E-state index is 12.5. The van der Waals surface area contributed by atoms with Crippen LogP contribution in [-0.4, -0.2) is 9.78 Å². The van der Waals surface area contributed by atoms with Gasteiger partial charge in [-0.05, 0) is 11.6 Å². The number of aromatic nitrogens is 2. The molecule has 0 spiro atoms. The lowest BCUT2D eigenvalue weighted by molar-refractivity contribution is 0.609. The molecule has 0 atom stereocenters. The molecule has 4 rings (SSSR count). The van der Waals surface area contributed by atoms with Crippen LogP contribution in [0.3, 0.4) is 0 Å². The third-order valence-electron chi connectivity index (χ3n) is 3.56. The Labute approximate surface area is 120 Å². The minimum atomic E-state index is -0.201. The first-order valence-electron chi connectivity index (χ1n) is 6.74. The van der Waals surface area contributed by atoms with Crippen molar-refractivity contribution in [2.75, 3.05) is 0 Å². The van der Waals surface area contributed by atoms with Crippen molar-refractivity contribution >= 4 is 21.9 Å². The zero-order chi connectivity index (χ0) is 14.2. The van der Waals surface area contributed by atoms with E-state index in [1.54, 1.807) is 6.20 Å². The molecule has 0 unspecified atom stereocenters. The van der Waals surface area contributed by atoms with E-state index in [0.717, 1.165) is 16.3 Å². The Morgan fingerprint density at radius 3 is 2.57 bits per heavy atom. The maximum atomic E-state index is 12.5. The number of fused-ring (bicyclic) bond motifs is 3. The van der Waals surface area contributed by atoms with E-state index >= 15 is 0 Å². The lowest BCUT2D eigenvalue weighted by Crippen LogP contribution is -2.22. The summed E-state index contributed by atoms with van der Waals surface area (Å²) >= 11 is 0. The molecule has 0 aliphatic heterocycles. The summed E-state index contributed by atoms with van der Waals surface area (Å²) in [6.07, 6.45) is 1.70. The second-order valence-electron chi connectivity index (χ2n) is 4.93. The number of furan rings is 1. The molecule has 4 nitrogen and oxygen atoms in total. The number of rotatable bonds is 2. The van der Waals surface area contributed by atoms with Gasteiger partial charge in [0.1, 0.15) is 5.58 Å². The fourth-order valence-electron chi connectivity index (χ4n) is 2.52. The van der Waals surface area contributed by atoms with Gasteiger partial charge in [0.25, 0.3) is 0 Å². The molecule has 2 heterocycles. The van der Waals surface area contributed by atoms with E-state index < -0.39 is 0 Å². The fourth-order valence-corrected chi connectivity index (χ4v) is 2.52. The Bertz CT molecular complexity index is 984. The smallest absolute Gasteiger partial charge is 0.310 e. The predicted octanol–water partition coefficient (Wildman–Crippen LogP) is 3.19. The second kappa shape index (κ2) is 4.59. The highest BCUT2D eigenvalue weighted by atomic mass is 16.3. The summed E-state index contributed by atoms with van der Waals surface area (Å²) in [4.78, 5) is 12.5. The van der Waals surface area contributed by atoms with Crippen LogP contribution in [0.4, 0.5) is 0 Å². The fraction of sp³-hybridized carbons (Fsp3) is 0.0588. The third kappa shape index (κ3) is 1.92. The van der Waals surface area contributed by atoms with Gasteiger partial charge in [-0.15, -0.1) is 0 Å². The van der Waals surface area contributed by atoms with Gasteiger partial charge in [0.15, 0.2) is 0 Å². The van der Waals surface area contributed by atoms with Crippen molar-refractivity contribution in [2.24, 2.45) is 0 Å². The van der Waals surface area contributed by atoms with Crippen molar-refractivity contribution in [1.82, 2.24) is 9.78 Å². The summed E-state index contributed by atoms with van der Waals surface area (Å²) < 4.78 is 7.12. The first kappa shape index (κ1) is 11.9. The number of para-hydroxylation sites is 1. The molecule has 0 aliphatic carbocycles. The first-order valence-corrected chi connectivity index (χ1v) is 6.74. The molecule has 4 aromatic rings. The molecule has 0 bridgehead atoms. The standard InChI is InChI=1S/C17H12N2O2/c20-17-16-14(13-8-4-5-9-15(13)21-16)10-18-19(17)11-12-6-2-1-3-7-12/h1-10H,11H2. The predicted molar refractivity (Wildman–Crippen MR) is 81.3 cm³/mol. The highest BCUT2D eigenvalue weighted by molar-refractivity contribution is 6.03. The largest absolute Gasteiger partial charge is 0.450 e. The Kier molecular flexibility index (Phi) is 2.60. The monoisotopic (exact) mass is 276 g/mol. The Hall–Kier alpha value is -2.88. The van der Waals surface area contributed by atoms with Crippen LogP contribution < -0.4 is 5.56 Å². The normalized spacial score (nSPS) is 11.2. The molecule has 2 aromatic carbocycles. The van der Waals surface area contributed by atoms with E-state index in [2.05, 4.69) is 5.10 Å². The Morgan fingerprint density at radius 1 is 0.952 bits per heavy atom. The zero-order valence-corrected chi connectivity index (χ0v) is 11.2. The van der Waals surface area contributed by atoms with Gasteiger partial charge in [-0.3, -0.25) is 4.79 Å². The molecule has 0 radical (unpaired) electrons. The van der Waals surface area contributed by atoms with Gasteiger partial charge in [0, 0.05) is 5.39 Å². The topological polar surface area (TPSA) is 48.0 Å². The molecule has 2 aromatic heterocycles. The van der Waals surface area contributed by atoms with Crippen LogP contribution in [0.2, 0.25) is 0 Å². The molecule has 0 saturated heterocycles. The quantitative estimate of drug-likeness (QED) is 0.565. The first-order chi connectivity index (χ1) is 10.3. The average molecular weight is 276 g/mol. The van der Waals surface area contributed by atoms with E-state index in [-0.39, 0.29) is 5.56 Å². The molecule has 0 fully saturated rings. The summed E-state index contributed by atoms with van der Waals surface area (Å²) in [5.74, 6) is 0. The van der Waals surface area contributed by atoms with Crippen LogP contribution in [0, 0.1) is 0 Å². The van der Waals surface area contributed by atoms with Crippen molar-refractivity contribution in [3.05, 3.63) is 76.7 Å². The van der Waals surface area contributed by atoms with Crippen LogP contribution in [0.5, 0.6) is 0 Å². The summed E-state index contributed by atoms with van der Waals surface area (Å²) in [5, 5.41) is 5.95. The molecule has 0 aliphatic rings.